The highest BCUT2D eigenvalue weighted by Gasteiger charge is 2.30. The van der Waals surface area contributed by atoms with Gasteiger partial charge >= 0.3 is 5.97 Å². The highest BCUT2D eigenvalue weighted by Crippen LogP contribution is 2.30. The Morgan fingerprint density at radius 3 is 2.74 bits per heavy atom. The fraction of sp³-hybridized carbons (Fsp3) is 0.500. The van der Waals surface area contributed by atoms with Crippen molar-refractivity contribution < 1.29 is 19.0 Å². The molecule has 0 saturated carbocycles. The van der Waals surface area contributed by atoms with Crippen molar-refractivity contribution in [3.8, 4) is 0 Å². The summed E-state index contributed by atoms with van der Waals surface area (Å²) in [6.07, 6.45) is 0.859. The van der Waals surface area contributed by atoms with Crippen LogP contribution in [-0.2, 0) is 9.53 Å². The maximum absolute atomic E-state index is 13.8. The van der Waals surface area contributed by atoms with E-state index in [1.807, 2.05) is 6.92 Å². The van der Waals surface area contributed by atoms with Crippen LogP contribution in [0.1, 0.15) is 37.9 Å². The van der Waals surface area contributed by atoms with Crippen molar-refractivity contribution in [2.24, 2.45) is 5.92 Å². The smallest absolute Gasteiger partial charge is 0.311 e. The largest absolute Gasteiger partial charge is 0.469 e. The fourth-order valence-electron chi connectivity index (χ4n) is 1.94. The van der Waals surface area contributed by atoms with Gasteiger partial charge in [-0.3, -0.25) is 4.79 Å². The van der Waals surface area contributed by atoms with E-state index in [2.05, 4.69) is 4.74 Å². The third-order valence-corrected chi connectivity index (χ3v) is 3.27. The van der Waals surface area contributed by atoms with E-state index in [1.165, 1.54) is 19.2 Å². The molecule has 0 aliphatic carbocycles. The monoisotopic (exact) mass is 288 g/mol. The molecule has 106 valence electrons. The van der Waals surface area contributed by atoms with Gasteiger partial charge in [0.15, 0.2) is 0 Å². The minimum Gasteiger partial charge on any atom is -0.469 e. The van der Waals surface area contributed by atoms with Crippen molar-refractivity contribution in [1.29, 1.82) is 0 Å². The van der Waals surface area contributed by atoms with Crippen LogP contribution in [0.25, 0.3) is 0 Å². The lowest BCUT2D eigenvalue weighted by molar-refractivity contribution is -0.150. The molecule has 3 nitrogen and oxygen atoms in total. The van der Waals surface area contributed by atoms with Gasteiger partial charge in [0.1, 0.15) is 5.82 Å². The van der Waals surface area contributed by atoms with E-state index in [0.29, 0.717) is 6.42 Å². The standard InChI is InChI=1S/C14H18ClFO3/c1-3-4-5-11(14(18)19-2)13(17)10-7-6-9(15)8-12(10)16/h6-8,11,13,17H,3-5H2,1-2H3. The predicted octanol–water partition coefficient (Wildman–Crippen LogP) is 3.49. The molecule has 1 aromatic carbocycles. The molecule has 0 spiro atoms. The van der Waals surface area contributed by atoms with E-state index < -0.39 is 23.8 Å². The number of aliphatic hydroxyl groups is 1. The molecule has 0 heterocycles. The van der Waals surface area contributed by atoms with Gasteiger partial charge in [0.2, 0.25) is 0 Å². The number of carbonyl (C=O) groups excluding carboxylic acids is 1. The molecule has 2 atom stereocenters. The Bertz CT molecular complexity index is 437. The molecule has 1 rings (SSSR count). The van der Waals surface area contributed by atoms with Crippen molar-refractivity contribution in [2.75, 3.05) is 7.11 Å². The van der Waals surface area contributed by atoms with Crippen molar-refractivity contribution in [3.63, 3.8) is 0 Å². The van der Waals surface area contributed by atoms with E-state index in [1.54, 1.807) is 0 Å². The lowest BCUT2D eigenvalue weighted by Gasteiger charge is -2.21. The lowest BCUT2D eigenvalue weighted by atomic mass is 9.91. The normalized spacial score (nSPS) is 13.9. The summed E-state index contributed by atoms with van der Waals surface area (Å²) in [6.45, 7) is 1.98. The van der Waals surface area contributed by atoms with Gasteiger partial charge in [-0.25, -0.2) is 4.39 Å². The van der Waals surface area contributed by atoms with E-state index in [4.69, 9.17) is 11.6 Å². The molecular formula is C14H18ClFO3. The number of halogens is 2. The molecule has 0 bridgehead atoms. The van der Waals surface area contributed by atoms with E-state index >= 15 is 0 Å². The Kier molecular flexibility index (Phi) is 6.25. The number of esters is 1. The van der Waals surface area contributed by atoms with Gasteiger partial charge in [-0.2, -0.15) is 0 Å². The van der Waals surface area contributed by atoms with E-state index in [-0.39, 0.29) is 10.6 Å². The van der Waals surface area contributed by atoms with Crippen LogP contribution in [0, 0.1) is 11.7 Å². The van der Waals surface area contributed by atoms with E-state index in [9.17, 15) is 14.3 Å². The summed E-state index contributed by atoms with van der Waals surface area (Å²) < 4.78 is 18.4. The number of unbranched alkanes of at least 4 members (excludes halogenated alkanes) is 1. The number of carbonyl (C=O) groups is 1. The van der Waals surface area contributed by atoms with Crippen molar-refractivity contribution in [3.05, 3.63) is 34.6 Å². The summed E-state index contributed by atoms with van der Waals surface area (Å²) in [5.41, 5.74) is 0.0657. The van der Waals surface area contributed by atoms with Crippen LogP contribution in [0.5, 0.6) is 0 Å². The zero-order chi connectivity index (χ0) is 14.4. The second-order valence-corrected chi connectivity index (χ2v) is 4.82. The average molecular weight is 289 g/mol. The number of aliphatic hydroxyl groups excluding tert-OH is 1. The first-order valence-corrected chi connectivity index (χ1v) is 6.59. The molecule has 0 aliphatic rings. The summed E-state index contributed by atoms with van der Waals surface area (Å²) in [4.78, 5) is 11.7. The zero-order valence-electron chi connectivity index (χ0n) is 11.0. The molecule has 2 unspecified atom stereocenters. The van der Waals surface area contributed by atoms with Crippen LogP contribution in [0.3, 0.4) is 0 Å². The van der Waals surface area contributed by atoms with Gasteiger partial charge in [-0.05, 0) is 18.6 Å². The third kappa shape index (κ3) is 4.18. The number of benzene rings is 1. The van der Waals surface area contributed by atoms with Gasteiger partial charge in [0, 0.05) is 10.6 Å². The zero-order valence-corrected chi connectivity index (χ0v) is 11.8. The molecular weight excluding hydrogens is 271 g/mol. The number of hydrogen-bond acceptors (Lipinski definition) is 3. The SMILES string of the molecule is CCCCC(C(=O)OC)C(O)c1ccc(Cl)cc1F. The summed E-state index contributed by atoms with van der Waals surface area (Å²) in [7, 11) is 1.26. The van der Waals surface area contributed by atoms with Gasteiger partial charge < -0.3 is 9.84 Å². The molecule has 0 aromatic heterocycles. The first-order chi connectivity index (χ1) is 9.01. The van der Waals surface area contributed by atoms with E-state index in [0.717, 1.165) is 18.9 Å². The van der Waals surface area contributed by atoms with Gasteiger partial charge in [0.25, 0.3) is 0 Å². The molecule has 0 amide bonds. The third-order valence-electron chi connectivity index (χ3n) is 3.03. The summed E-state index contributed by atoms with van der Waals surface area (Å²) >= 11 is 5.66. The minimum absolute atomic E-state index is 0.0657. The summed E-state index contributed by atoms with van der Waals surface area (Å²) in [6, 6.07) is 4.00. The summed E-state index contributed by atoms with van der Waals surface area (Å²) in [5.74, 6) is -1.92. The second-order valence-electron chi connectivity index (χ2n) is 4.38. The Hall–Kier alpha value is -1.13. The first-order valence-electron chi connectivity index (χ1n) is 6.22. The van der Waals surface area contributed by atoms with Crippen LogP contribution in [0.15, 0.2) is 18.2 Å². The highest BCUT2D eigenvalue weighted by atomic mass is 35.5. The number of rotatable bonds is 6. The molecule has 0 radical (unpaired) electrons. The van der Waals surface area contributed by atoms with Crippen LogP contribution >= 0.6 is 11.6 Å². The number of hydrogen-bond donors (Lipinski definition) is 1. The van der Waals surface area contributed by atoms with Gasteiger partial charge in [0.05, 0.1) is 19.1 Å². The maximum Gasteiger partial charge on any atom is 0.311 e. The lowest BCUT2D eigenvalue weighted by Crippen LogP contribution is -2.24. The first kappa shape index (κ1) is 15.9. The number of methoxy groups -OCH3 is 1. The molecule has 0 aliphatic heterocycles. The summed E-state index contributed by atoms with van der Waals surface area (Å²) in [5, 5.41) is 10.4. The molecule has 1 N–H and O–H groups in total. The average Bonchev–Trinajstić information content (AvgIpc) is 2.38. The highest BCUT2D eigenvalue weighted by molar-refractivity contribution is 6.30. The van der Waals surface area contributed by atoms with Crippen LogP contribution in [0.4, 0.5) is 4.39 Å². The van der Waals surface area contributed by atoms with Crippen molar-refractivity contribution >= 4 is 17.6 Å². The quantitative estimate of drug-likeness (QED) is 0.815. The van der Waals surface area contributed by atoms with Crippen molar-refractivity contribution in [1.82, 2.24) is 0 Å². The molecule has 0 saturated heterocycles. The van der Waals surface area contributed by atoms with Gasteiger partial charge in [-0.1, -0.05) is 37.4 Å². The number of ether oxygens (including phenoxy) is 1. The van der Waals surface area contributed by atoms with Crippen LogP contribution < -0.4 is 0 Å². The van der Waals surface area contributed by atoms with Crippen molar-refractivity contribution in [2.45, 2.75) is 32.3 Å². The molecule has 1 aromatic rings. The molecule has 5 heteroatoms. The van der Waals surface area contributed by atoms with Crippen LogP contribution in [-0.4, -0.2) is 18.2 Å². The molecule has 19 heavy (non-hydrogen) atoms. The second kappa shape index (κ2) is 7.46. The Balaban J connectivity index is 2.97. The maximum atomic E-state index is 13.8. The minimum atomic E-state index is -1.23. The Morgan fingerprint density at radius 1 is 1.53 bits per heavy atom. The van der Waals surface area contributed by atoms with Gasteiger partial charge in [-0.15, -0.1) is 0 Å². The van der Waals surface area contributed by atoms with Crippen LogP contribution in [0.2, 0.25) is 5.02 Å². The molecule has 0 fully saturated rings. The predicted molar refractivity (Wildman–Crippen MR) is 71.4 cm³/mol. The Labute approximate surface area is 117 Å². The Morgan fingerprint density at radius 2 is 2.21 bits per heavy atom. The fourth-order valence-corrected chi connectivity index (χ4v) is 2.10. The topological polar surface area (TPSA) is 46.5 Å².